The number of hydrogen-bond acceptors (Lipinski definition) is 9. The number of hydrogen-bond donors (Lipinski definition) is 1. The Hall–Kier alpha value is -4.83. The van der Waals surface area contributed by atoms with E-state index in [0.717, 1.165) is 40.9 Å². The number of fused-ring (bicyclic) bond motifs is 2. The maximum atomic E-state index is 14.4. The Bertz CT molecular complexity index is 1860. The molecule has 4 aromatic rings. The number of carbonyl (C=O) groups is 2. The number of likely N-dealkylation sites (tertiary alicyclic amines) is 1. The summed E-state index contributed by atoms with van der Waals surface area (Å²) in [5.41, 5.74) is 5.62. The van der Waals surface area contributed by atoms with Crippen molar-refractivity contribution in [2.75, 3.05) is 52.5 Å². The fourth-order valence-corrected chi connectivity index (χ4v) is 6.88. The molecule has 4 heterocycles. The topological polar surface area (TPSA) is 106 Å². The fourth-order valence-electron chi connectivity index (χ4n) is 5.99. The Balaban J connectivity index is 1.04. The highest BCUT2D eigenvalue weighted by atomic mass is 32.1. The Morgan fingerprint density at radius 2 is 1.98 bits per heavy atom. The molecule has 0 aliphatic carbocycles. The number of aromatic nitrogens is 2. The quantitative estimate of drug-likeness (QED) is 0.127. The summed E-state index contributed by atoms with van der Waals surface area (Å²) in [6, 6.07) is 12.8. The number of amides is 2. The molecule has 0 bridgehead atoms. The molecule has 248 valence electrons. The molecule has 10 nitrogen and oxygen atoms in total. The zero-order chi connectivity index (χ0) is 33.5. The van der Waals surface area contributed by atoms with Gasteiger partial charge in [0, 0.05) is 55.2 Å². The number of nitrogens with one attached hydrogen (secondary N) is 1. The molecule has 2 aromatic carbocycles. The van der Waals surface area contributed by atoms with E-state index in [-0.39, 0.29) is 38.4 Å². The number of terminal acetylenes is 1. The van der Waals surface area contributed by atoms with Crippen LogP contribution in [0.25, 0.3) is 32.6 Å². The van der Waals surface area contributed by atoms with Crippen molar-refractivity contribution in [3.05, 3.63) is 77.4 Å². The van der Waals surface area contributed by atoms with Crippen molar-refractivity contribution in [2.24, 2.45) is 0 Å². The second-order valence-corrected chi connectivity index (χ2v) is 12.5. The number of alkyl carbamates (subject to hydrolysis) is 1. The van der Waals surface area contributed by atoms with Crippen molar-refractivity contribution >= 4 is 33.4 Å². The highest BCUT2D eigenvalue weighted by Gasteiger charge is 2.27. The van der Waals surface area contributed by atoms with Crippen LogP contribution >= 0.6 is 11.3 Å². The lowest BCUT2D eigenvalue weighted by Crippen LogP contribution is -2.34. The first-order valence-electron chi connectivity index (χ1n) is 15.8. The smallest absolute Gasteiger partial charge is 0.407 e. The lowest BCUT2D eigenvalue weighted by Gasteiger charge is -2.27. The van der Waals surface area contributed by atoms with Crippen LogP contribution < -0.4 is 10.1 Å². The van der Waals surface area contributed by atoms with Gasteiger partial charge in [0.05, 0.1) is 31.0 Å². The van der Waals surface area contributed by atoms with Crippen LogP contribution in [0.5, 0.6) is 5.75 Å². The number of carbonyl (C=O) groups excluding carboxylic acids is 2. The van der Waals surface area contributed by atoms with Crippen molar-refractivity contribution in [2.45, 2.75) is 25.5 Å². The minimum atomic E-state index is -0.566. The lowest BCUT2D eigenvalue weighted by molar-refractivity contribution is -0.125. The van der Waals surface area contributed by atoms with E-state index in [1.807, 2.05) is 11.4 Å². The van der Waals surface area contributed by atoms with Crippen LogP contribution in [0.2, 0.25) is 0 Å². The van der Waals surface area contributed by atoms with Crippen LogP contribution in [0.4, 0.5) is 9.18 Å². The molecule has 0 saturated carbocycles. The lowest BCUT2D eigenvalue weighted by atomic mass is 9.95. The van der Waals surface area contributed by atoms with Gasteiger partial charge in [-0.05, 0) is 53.3 Å². The third-order valence-corrected chi connectivity index (χ3v) is 9.30. The van der Waals surface area contributed by atoms with Gasteiger partial charge in [0.1, 0.15) is 35.7 Å². The van der Waals surface area contributed by atoms with Crippen molar-refractivity contribution in [3.8, 4) is 40.6 Å². The SMILES string of the molecule is C#CCN1CCc2cc(-c3nnc(-c4ccc(F)cc4OCCOCCNC(=O)O[C@H]4CCN(C(=O)C=C)C4)c4sccc34)ccc2C1. The van der Waals surface area contributed by atoms with E-state index < -0.39 is 11.9 Å². The first kappa shape index (κ1) is 33.1. The van der Waals surface area contributed by atoms with Gasteiger partial charge in [0.15, 0.2) is 0 Å². The third kappa shape index (κ3) is 7.65. The highest BCUT2D eigenvalue weighted by molar-refractivity contribution is 7.17. The molecule has 6 rings (SSSR count). The van der Waals surface area contributed by atoms with E-state index >= 15 is 0 Å². The Kier molecular flexibility index (Phi) is 10.6. The third-order valence-electron chi connectivity index (χ3n) is 8.38. The number of nitrogens with zero attached hydrogens (tertiary/aromatic N) is 4. The summed E-state index contributed by atoms with van der Waals surface area (Å²) in [7, 11) is 0. The minimum Gasteiger partial charge on any atom is -0.490 e. The molecule has 1 N–H and O–H groups in total. The summed E-state index contributed by atoms with van der Waals surface area (Å²) in [6.07, 6.45) is 7.35. The first-order chi connectivity index (χ1) is 23.4. The average Bonchev–Trinajstić information content (AvgIpc) is 3.78. The summed E-state index contributed by atoms with van der Waals surface area (Å²) in [5.74, 6) is 2.46. The number of ether oxygens (including phenoxy) is 3. The number of benzene rings is 2. The molecule has 0 unspecified atom stereocenters. The maximum absolute atomic E-state index is 14.4. The predicted octanol–water partition coefficient (Wildman–Crippen LogP) is 5.06. The summed E-state index contributed by atoms with van der Waals surface area (Å²) >= 11 is 1.55. The average molecular weight is 670 g/mol. The monoisotopic (exact) mass is 669 g/mol. The Morgan fingerprint density at radius 1 is 1.10 bits per heavy atom. The molecule has 1 atom stereocenters. The van der Waals surface area contributed by atoms with Gasteiger partial charge >= 0.3 is 6.09 Å². The summed E-state index contributed by atoms with van der Waals surface area (Å²) in [5, 5.41) is 14.9. The van der Waals surface area contributed by atoms with Crippen molar-refractivity contribution in [1.29, 1.82) is 0 Å². The van der Waals surface area contributed by atoms with E-state index in [4.69, 9.17) is 20.6 Å². The van der Waals surface area contributed by atoms with Gasteiger partial charge in [-0.25, -0.2) is 9.18 Å². The molecule has 0 radical (unpaired) electrons. The summed E-state index contributed by atoms with van der Waals surface area (Å²) in [4.78, 5) is 27.6. The zero-order valence-electron chi connectivity index (χ0n) is 26.5. The number of rotatable bonds is 12. The molecule has 2 amide bonds. The highest BCUT2D eigenvalue weighted by Crippen LogP contribution is 2.39. The van der Waals surface area contributed by atoms with Gasteiger partial charge in [-0.15, -0.1) is 28.0 Å². The number of halogens is 1. The van der Waals surface area contributed by atoms with Crippen LogP contribution in [0.1, 0.15) is 17.5 Å². The second kappa shape index (κ2) is 15.4. The molecular weight excluding hydrogens is 633 g/mol. The van der Waals surface area contributed by atoms with E-state index in [0.29, 0.717) is 43.1 Å². The van der Waals surface area contributed by atoms with Crippen molar-refractivity contribution in [3.63, 3.8) is 0 Å². The van der Waals surface area contributed by atoms with Gasteiger partial charge < -0.3 is 24.4 Å². The maximum Gasteiger partial charge on any atom is 0.407 e. The zero-order valence-corrected chi connectivity index (χ0v) is 27.3. The molecule has 0 spiro atoms. The van der Waals surface area contributed by atoms with Gasteiger partial charge in [0.25, 0.3) is 0 Å². The van der Waals surface area contributed by atoms with Gasteiger partial charge in [-0.3, -0.25) is 9.69 Å². The van der Waals surface area contributed by atoms with Gasteiger partial charge in [-0.1, -0.05) is 24.6 Å². The second-order valence-electron chi connectivity index (χ2n) is 11.5. The Morgan fingerprint density at radius 3 is 2.83 bits per heavy atom. The standard InChI is InChI=1S/C36H36FN5O5S/c1-3-13-41-14-9-24-20-25(5-6-26(24)22-41)33-30-11-19-48-35(30)34(40-39-33)29-8-7-27(37)21-31(29)46-18-17-45-16-12-38-36(44)47-28-10-15-42(23-28)32(43)4-2/h1,4-8,11,19-21,28H,2,9-10,12-18,22-23H2,(H,38,44)/t28-/m0/s1. The number of thiophene rings is 1. The van der Waals surface area contributed by atoms with Crippen molar-refractivity contribution < 1.29 is 28.2 Å². The summed E-state index contributed by atoms with van der Waals surface area (Å²) in [6.45, 7) is 7.59. The van der Waals surface area contributed by atoms with Gasteiger partial charge in [0.2, 0.25) is 5.91 Å². The van der Waals surface area contributed by atoms with Crippen LogP contribution in [-0.4, -0.2) is 90.6 Å². The normalized spacial score (nSPS) is 15.9. The minimum absolute atomic E-state index is 0.156. The molecule has 2 aliphatic heterocycles. The van der Waals surface area contributed by atoms with E-state index in [1.54, 1.807) is 22.3 Å². The molecule has 12 heteroatoms. The summed E-state index contributed by atoms with van der Waals surface area (Å²) < 4.78 is 32.2. The molecule has 2 aliphatic rings. The van der Waals surface area contributed by atoms with E-state index in [2.05, 4.69) is 51.1 Å². The Labute approximate surface area is 282 Å². The molecule has 1 saturated heterocycles. The molecule has 1 fully saturated rings. The first-order valence-corrected chi connectivity index (χ1v) is 16.7. The predicted molar refractivity (Wildman–Crippen MR) is 182 cm³/mol. The van der Waals surface area contributed by atoms with Crippen LogP contribution in [-0.2, 0) is 27.2 Å². The van der Waals surface area contributed by atoms with E-state index in [9.17, 15) is 14.0 Å². The van der Waals surface area contributed by atoms with Crippen LogP contribution in [0.15, 0.2) is 60.5 Å². The van der Waals surface area contributed by atoms with Gasteiger partial charge in [-0.2, -0.15) is 0 Å². The molecule has 48 heavy (non-hydrogen) atoms. The van der Waals surface area contributed by atoms with Crippen LogP contribution in [0, 0.1) is 18.2 Å². The van der Waals surface area contributed by atoms with E-state index in [1.165, 1.54) is 29.3 Å². The van der Waals surface area contributed by atoms with Crippen molar-refractivity contribution in [1.82, 2.24) is 25.3 Å². The molecular formula is C36H36FN5O5S. The fraction of sp³-hybridized carbons (Fsp3) is 0.333. The van der Waals surface area contributed by atoms with Crippen LogP contribution in [0.3, 0.4) is 0 Å². The molecule has 2 aromatic heterocycles. The largest absolute Gasteiger partial charge is 0.490 e.